The number of carboxylic acids is 1. The summed E-state index contributed by atoms with van der Waals surface area (Å²) in [6.45, 7) is 6.14. The van der Waals surface area contributed by atoms with Crippen molar-refractivity contribution in [3.8, 4) is 0 Å². The zero-order chi connectivity index (χ0) is 14.5. The molecule has 1 amide bonds. The maximum atomic E-state index is 11.6. The number of amides is 1. The lowest BCUT2D eigenvalue weighted by atomic mass is 10.1. The summed E-state index contributed by atoms with van der Waals surface area (Å²) in [6.07, 6.45) is 0.297. The largest absolute Gasteiger partial charge is 0.478 e. The lowest BCUT2D eigenvalue weighted by Crippen LogP contribution is -2.41. The van der Waals surface area contributed by atoms with Crippen molar-refractivity contribution < 1.29 is 14.7 Å². The van der Waals surface area contributed by atoms with Crippen molar-refractivity contribution in [2.75, 3.05) is 11.9 Å². The Hall–Kier alpha value is -2.04. The second-order valence-corrected chi connectivity index (χ2v) is 5.33. The molecule has 0 aliphatic carbocycles. The zero-order valence-corrected chi connectivity index (χ0v) is 11.5. The van der Waals surface area contributed by atoms with E-state index in [-0.39, 0.29) is 17.0 Å². The van der Waals surface area contributed by atoms with Crippen molar-refractivity contribution in [1.29, 1.82) is 0 Å². The second kappa shape index (κ2) is 6.22. The van der Waals surface area contributed by atoms with E-state index in [1.165, 1.54) is 6.07 Å². The number of carbonyl (C=O) groups excluding carboxylic acids is 1. The number of nitrogens with one attached hydrogen (secondary N) is 2. The number of carbonyl (C=O) groups is 2. The number of aromatic carboxylic acids is 1. The Labute approximate surface area is 113 Å². The van der Waals surface area contributed by atoms with E-state index >= 15 is 0 Å². The predicted octanol–water partition coefficient (Wildman–Crippen LogP) is 2.10. The first-order valence-electron chi connectivity index (χ1n) is 6.17. The molecule has 0 bridgehead atoms. The fourth-order valence-corrected chi connectivity index (χ4v) is 1.62. The van der Waals surface area contributed by atoms with Crippen molar-refractivity contribution in [3.63, 3.8) is 0 Å². The molecule has 0 fully saturated rings. The fraction of sp³-hybridized carbons (Fsp3) is 0.429. The summed E-state index contributed by atoms with van der Waals surface area (Å²) in [6, 6.07) is 6.63. The van der Waals surface area contributed by atoms with Gasteiger partial charge in [-0.25, -0.2) is 4.79 Å². The van der Waals surface area contributed by atoms with Gasteiger partial charge in [-0.1, -0.05) is 12.1 Å². The summed E-state index contributed by atoms with van der Waals surface area (Å²) in [5.74, 6) is -1.05. The van der Waals surface area contributed by atoms with Gasteiger partial charge in [0.05, 0.1) is 5.56 Å². The van der Waals surface area contributed by atoms with Crippen molar-refractivity contribution in [2.24, 2.45) is 0 Å². The third-order valence-electron chi connectivity index (χ3n) is 2.34. The predicted molar refractivity (Wildman–Crippen MR) is 74.4 cm³/mol. The van der Waals surface area contributed by atoms with Gasteiger partial charge in [0.2, 0.25) is 5.91 Å². The van der Waals surface area contributed by atoms with Gasteiger partial charge in [-0.2, -0.15) is 0 Å². The van der Waals surface area contributed by atoms with Crippen LogP contribution in [-0.2, 0) is 4.79 Å². The summed E-state index contributed by atoms with van der Waals surface area (Å²) in [7, 11) is 0. The highest BCUT2D eigenvalue weighted by atomic mass is 16.4. The summed E-state index contributed by atoms with van der Waals surface area (Å²) >= 11 is 0. The molecule has 5 nitrogen and oxygen atoms in total. The number of para-hydroxylation sites is 1. The molecular formula is C14H20N2O3. The number of anilines is 1. The molecule has 5 heteroatoms. The number of carboxylic acid groups (broad SMARTS) is 1. The molecule has 0 atom stereocenters. The van der Waals surface area contributed by atoms with Crippen LogP contribution in [0.1, 0.15) is 37.6 Å². The summed E-state index contributed by atoms with van der Waals surface area (Å²) in [5.41, 5.74) is 0.480. The van der Waals surface area contributed by atoms with Gasteiger partial charge < -0.3 is 15.7 Å². The number of hydrogen-bond donors (Lipinski definition) is 3. The van der Waals surface area contributed by atoms with Crippen LogP contribution < -0.4 is 10.6 Å². The number of benzene rings is 1. The third kappa shape index (κ3) is 5.42. The molecule has 1 rings (SSSR count). The minimum atomic E-state index is -0.984. The van der Waals surface area contributed by atoms with Crippen molar-refractivity contribution in [2.45, 2.75) is 32.7 Å². The average Bonchev–Trinajstić information content (AvgIpc) is 2.27. The van der Waals surface area contributed by atoms with E-state index < -0.39 is 5.97 Å². The third-order valence-corrected chi connectivity index (χ3v) is 2.34. The van der Waals surface area contributed by atoms with Crippen LogP contribution in [0.2, 0.25) is 0 Å². The van der Waals surface area contributed by atoms with E-state index in [0.29, 0.717) is 18.7 Å². The van der Waals surface area contributed by atoms with E-state index in [1.54, 1.807) is 18.2 Å². The Kier molecular flexibility index (Phi) is 4.92. The van der Waals surface area contributed by atoms with Crippen LogP contribution in [0.15, 0.2) is 24.3 Å². The van der Waals surface area contributed by atoms with Crippen LogP contribution in [0.3, 0.4) is 0 Å². The monoisotopic (exact) mass is 264 g/mol. The van der Waals surface area contributed by atoms with Gasteiger partial charge >= 0.3 is 5.97 Å². The fourth-order valence-electron chi connectivity index (χ4n) is 1.62. The van der Waals surface area contributed by atoms with Crippen LogP contribution in [0.5, 0.6) is 0 Å². The Morgan fingerprint density at radius 3 is 2.42 bits per heavy atom. The normalized spacial score (nSPS) is 10.9. The molecule has 0 radical (unpaired) electrons. The molecule has 0 saturated heterocycles. The highest BCUT2D eigenvalue weighted by Gasteiger charge is 2.13. The van der Waals surface area contributed by atoms with Gasteiger partial charge in [-0.05, 0) is 32.9 Å². The van der Waals surface area contributed by atoms with Crippen molar-refractivity contribution in [3.05, 3.63) is 29.8 Å². The van der Waals surface area contributed by atoms with Crippen LogP contribution in [0.25, 0.3) is 0 Å². The van der Waals surface area contributed by atoms with Crippen molar-refractivity contribution in [1.82, 2.24) is 5.32 Å². The molecule has 0 saturated carbocycles. The number of hydrogen-bond acceptors (Lipinski definition) is 3. The van der Waals surface area contributed by atoms with E-state index in [9.17, 15) is 9.59 Å². The van der Waals surface area contributed by atoms with Gasteiger partial charge in [0.1, 0.15) is 0 Å². The Morgan fingerprint density at radius 1 is 1.21 bits per heavy atom. The second-order valence-electron chi connectivity index (χ2n) is 5.33. The summed E-state index contributed by atoms with van der Waals surface area (Å²) in [4.78, 5) is 22.6. The maximum Gasteiger partial charge on any atom is 0.337 e. The molecule has 0 heterocycles. The van der Waals surface area contributed by atoms with Crippen LogP contribution in [-0.4, -0.2) is 29.1 Å². The minimum Gasteiger partial charge on any atom is -0.478 e. The topological polar surface area (TPSA) is 78.4 Å². The molecule has 0 spiro atoms. The molecule has 0 aliphatic rings. The minimum absolute atomic E-state index is 0.0622. The average molecular weight is 264 g/mol. The Bertz CT molecular complexity index is 464. The van der Waals surface area contributed by atoms with Gasteiger partial charge in [0.15, 0.2) is 0 Å². The first kappa shape index (κ1) is 15.0. The molecule has 104 valence electrons. The Balaban J connectivity index is 2.50. The molecule has 3 N–H and O–H groups in total. The van der Waals surface area contributed by atoms with Crippen LogP contribution in [0, 0.1) is 0 Å². The van der Waals surface area contributed by atoms with Crippen molar-refractivity contribution >= 4 is 17.6 Å². The lowest BCUT2D eigenvalue weighted by Gasteiger charge is -2.20. The van der Waals surface area contributed by atoms with E-state index in [1.807, 2.05) is 20.8 Å². The Morgan fingerprint density at radius 2 is 1.84 bits per heavy atom. The van der Waals surface area contributed by atoms with Gasteiger partial charge in [-0.15, -0.1) is 0 Å². The molecule has 0 unspecified atom stereocenters. The van der Waals surface area contributed by atoms with Crippen LogP contribution >= 0.6 is 0 Å². The maximum absolute atomic E-state index is 11.6. The lowest BCUT2D eigenvalue weighted by molar-refractivity contribution is -0.122. The summed E-state index contributed by atoms with van der Waals surface area (Å²) < 4.78 is 0. The quantitative estimate of drug-likeness (QED) is 0.761. The van der Waals surface area contributed by atoms with E-state index in [0.717, 1.165) is 0 Å². The highest BCUT2D eigenvalue weighted by molar-refractivity contribution is 5.94. The first-order valence-corrected chi connectivity index (χ1v) is 6.17. The summed E-state index contributed by atoms with van der Waals surface area (Å²) in [5, 5.41) is 14.8. The zero-order valence-electron chi connectivity index (χ0n) is 11.5. The van der Waals surface area contributed by atoms with Gasteiger partial charge in [0.25, 0.3) is 0 Å². The number of rotatable bonds is 5. The molecule has 0 aliphatic heterocycles. The van der Waals surface area contributed by atoms with Crippen LogP contribution in [0.4, 0.5) is 5.69 Å². The van der Waals surface area contributed by atoms with Gasteiger partial charge in [0, 0.05) is 24.2 Å². The molecule has 0 aromatic heterocycles. The SMILES string of the molecule is CC(C)(C)NC(=O)CCNc1ccccc1C(=O)O. The molecule has 1 aromatic carbocycles. The molecule has 1 aromatic rings. The van der Waals surface area contributed by atoms with E-state index in [4.69, 9.17) is 5.11 Å². The van der Waals surface area contributed by atoms with Gasteiger partial charge in [-0.3, -0.25) is 4.79 Å². The van der Waals surface area contributed by atoms with E-state index in [2.05, 4.69) is 10.6 Å². The standard InChI is InChI=1S/C14H20N2O3/c1-14(2,3)16-12(17)8-9-15-11-7-5-4-6-10(11)13(18)19/h4-7,15H,8-9H2,1-3H3,(H,16,17)(H,18,19). The highest BCUT2D eigenvalue weighted by Crippen LogP contribution is 2.14. The molecule has 19 heavy (non-hydrogen) atoms. The smallest absolute Gasteiger partial charge is 0.337 e. The molecular weight excluding hydrogens is 244 g/mol. The first-order chi connectivity index (χ1) is 8.79.